The van der Waals surface area contributed by atoms with Crippen molar-refractivity contribution in [2.45, 2.75) is 47.0 Å². The number of hydrogen-bond donors (Lipinski definition) is 0. The first-order valence-corrected chi connectivity index (χ1v) is 5.66. The fourth-order valence-electron chi connectivity index (χ4n) is 1.61. The van der Waals surface area contributed by atoms with E-state index in [4.69, 9.17) is 0 Å². The van der Waals surface area contributed by atoms with Crippen LogP contribution in [0.4, 0.5) is 0 Å². The molecular formula is C12H21AlO5. The predicted octanol–water partition coefficient (Wildman–Crippen LogP) is 0.247. The summed E-state index contributed by atoms with van der Waals surface area (Å²) in [6.45, 7) is 5.80. The van der Waals surface area contributed by atoms with Crippen molar-refractivity contribution < 1.29 is 23.9 Å². The molecule has 18 heavy (non-hydrogen) atoms. The molecule has 0 aromatic rings. The monoisotopic (exact) mass is 272 g/mol. The maximum atomic E-state index is 11.8. The van der Waals surface area contributed by atoms with Crippen molar-refractivity contribution in [2.24, 2.45) is 5.41 Å². The Morgan fingerprint density at radius 2 is 1.50 bits per heavy atom. The first kappa shape index (κ1) is 19.4. The molecule has 0 spiro atoms. The fourth-order valence-corrected chi connectivity index (χ4v) is 1.61. The van der Waals surface area contributed by atoms with Gasteiger partial charge < -0.3 is 4.74 Å². The summed E-state index contributed by atoms with van der Waals surface area (Å²) in [6, 6.07) is 0. The zero-order valence-electron chi connectivity index (χ0n) is 10.7. The minimum Gasteiger partial charge on any atom is -0.392 e. The highest BCUT2D eigenvalue weighted by Crippen LogP contribution is 2.28. The summed E-state index contributed by atoms with van der Waals surface area (Å²) in [4.78, 5) is 46.2. The van der Waals surface area contributed by atoms with Gasteiger partial charge in [-0.1, -0.05) is 20.8 Å². The molecule has 0 rings (SSSR count). The van der Waals surface area contributed by atoms with Gasteiger partial charge in [0.05, 0.1) is 0 Å². The van der Waals surface area contributed by atoms with Crippen LogP contribution in [0.1, 0.15) is 47.0 Å². The summed E-state index contributed by atoms with van der Waals surface area (Å²) < 4.78 is 4.52. The lowest BCUT2D eigenvalue weighted by atomic mass is 9.76. The molecule has 0 heterocycles. The lowest BCUT2D eigenvalue weighted by molar-refractivity contribution is -0.170. The fraction of sp³-hybridized carbons (Fsp3) is 0.667. The van der Waals surface area contributed by atoms with E-state index in [9.17, 15) is 19.2 Å². The van der Waals surface area contributed by atoms with Gasteiger partial charge in [-0.3, -0.25) is 14.4 Å². The Bertz CT molecular complexity index is 350. The van der Waals surface area contributed by atoms with Crippen molar-refractivity contribution in [1.29, 1.82) is 0 Å². The SMILES string of the molecule is CCC(=O)OC(=O)C(CC)(C(C)=O)C(=O)CC.[AlH3]. The molecule has 1 unspecified atom stereocenters. The zero-order chi connectivity index (χ0) is 13.6. The summed E-state index contributed by atoms with van der Waals surface area (Å²) in [6.07, 6.45) is 0.0669. The highest BCUT2D eigenvalue weighted by molar-refractivity contribution is 6.22. The molecule has 0 radical (unpaired) electrons. The number of hydrogen-bond acceptors (Lipinski definition) is 5. The molecule has 0 aliphatic rings. The molecule has 5 nitrogen and oxygen atoms in total. The maximum absolute atomic E-state index is 11.8. The Kier molecular flexibility index (Phi) is 8.79. The predicted molar refractivity (Wildman–Crippen MR) is 70.0 cm³/mol. The van der Waals surface area contributed by atoms with Crippen LogP contribution in [0.5, 0.6) is 0 Å². The molecule has 0 aliphatic heterocycles. The van der Waals surface area contributed by atoms with Gasteiger partial charge in [-0.15, -0.1) is 0 Å². The van der Waals surface area contributed by atoms with Gasteiger partial charge in [-0.05, 0) is 13.3 Å². The molecule has 1 atom stereocenters. The standard InChI is InChI=1S/C12H18O5.Al.3H/c1-5-9(14)12(7-3,8(4)13)11(16)17-10(15)6-2;;;;/h5-7H2,1-4H3;;;;. The Balaban J connectivity index is 0. The second-order valence-electron chi connectivity index (χ2n) is 3.71. The first-order chi connectivity index (χ1) is 7.86. The van der Waals surface area contributed by atoms with Gasteiger partial charge in [0, 0.05) is 12.8 Å². The van der Waals surface area contributed by atoms with Gasteiger partial charge in [0.15, 0.2) is 34.3 Å². The number of carbonyl (C=O) groups excluding carboxylic acids is 4. The molecule has 6 heteroatoms. The summed E-state index contributed by atoms with van der Waals surface area (Å²) >= 11 is 0. The van der Waals surface area contributed by atoms with Crippen LogP contribution < -0.4 is 0 Å². The van der Waals surface area contributed by atoms with E-state index in [0.29, 0.717) is 0 Å². The van der Waals surface area contributed by atoms with Crippen LogP contribution in [0.25, 0.3) is 0 Å². The van der Waals surface area contributed by atoms with E-state index in [1.807, 2.05) is 0 Å². The van der Waals surface area contributed by atoms with E-state index in [1.165, 1.54) is 6.92 Å². The third kappa shape index (κ3) is 3.76. The van der Waals surface area contributed by atoms with Crippen LogP contribution in [-0.4, -0.2) is 40.9 Å². The molecular weight excluding hydrogens is 251 g/mol. The van der Waals surface area contributed by atoms with Crippen LogP contribution in [0, 0.1) is 5.41 Å². The molecule has 0 aliphatic carbocycles. The number of ketones is 2. The van der Waals surface area contributed by atoms with E-state index in [1.54, 1.807) is 13.8 Å². The van der Waals surface area contributed by atoms with Crippen molar-refractivity contribution in [3.8, 4) is 0 Å². The summed E-state index contributed by atoms with van der Waals surface area (Å²) in [5.74, 6) is -2.88. The Hall–Kier alpha value is -0.988. The highest BCUT2D eigenvalue weighted by atomic mass is 27.0. The van der Waals surface area contributed by atoms with Crippen LogP contribution in [0.15, 0.2) is 0 Å². The Labute approximate surface area is 117 Å². The molecule has 0 aromatic carbocycles. The van der Waals surface area contributed by atoms with Gasteiger partial charge in [0.1, 0.15) is 0 Å². The van der Waals surface area contributed by atoms with E-state index < -0.39 is 28.9 Å². The van der Waals surface area contributed by atoms with Gasteiger partial charge in [-0.2, -0.15) is 0 Å². The maximum Gasteiger partial charge on any atom is 0.334 e. The highest BCUT2D eigenvalue weighted by Gasteiger charge is 2.49. The molecule has 0 fully saturated rings. The van der Waals surface area contributed by atoms with Crippen LogP contribution >= 0.6 is 0 Å². The number of esters is 2. The molecule has 0 saturated heterocycles. The van der Waals surface area contributed by atoms with Gasteiger partial charge in [0.25, 0.3) is 0 Å². The number of Topliss-reactive ketones (excluding diaryl/α,β-unsaturated/α-hetero) is 2. The first-order valence-electron chi connectivity index (χ1n) is 5.66. The lowest BCUT2D eigenvalue weighted by Crippen LogP contribution is -2.46. The van der Waals surface area contributed by atoms with Crippen LogP contribution in [0.3, 0.4) is 0 Å². The second kappa shape index (κ2) is 8.17. The topological polar surface area (TPSA) is 77.5 Å². The smallest absolute Gasteiger partial charge is 0.334 e. The van der Waals surface area contributed by atoms with Crippen LogP contribution in [-0.2, 0) is 23.9 Å². The van der Waals surface area contributed by atoms with Crippen molar-refractivity contribution in [3.05, 3.63) is 0 Å². The lowest BCUT2D eigenvalue weighted by Gasteiger charge is -2.24. The van der Waals surface area contributed by atoms with E-state index >= 15 is 0 Å². The van der Waals surface area contributed by atoms with Gasteiger partial charge in [-0.25, -0.2) is 4.79 Å². The molecule has 0 N–H and O–H groups in total. The Morgan fingerprint density at radius 3 is 1.78 bits per heavy atom. The minimum atomic E-state index is -1.82. The molecule has 0 aromatic heterocycles. The Morgan fingerprint density at radius 1 is 1.00 bits per heavy atom. The van der Waals surface area contributed by atoms with Crippen molar-refractivity contribution >= 4 is 40.9 Å². The molecule has 0 saturated carbocycles. The van der Waals surface area contributed by atoms with Crippen LogP contribution in [0.2, 0.25) is 0 Å². The summed E-state index contributed by atoms with van der Waals surface area (Å²) in [5, 5.41) is 0. The third-order valence-corrected chi connectivity index (χ3v) is 2.77. The van der Waals surface area contributed by atoms with E-state index in [0.717, 1.165) is 6.92 Å². The van der Waals surface area contributed by atoms with Crippen molar-refractivity contribution in [1.82, 2.24) is 0 Å². The molecule has 0 amide bonds. The third-order valence-electron chi connectivity index (χ3n) is 2.77. The van der Waals surface area contributed by atoms with Gasteiger partial charge >= 0.3 is 11.9 Å². The largest absolute Gasteiger partial charge is 0.392 e. The summed E-state index contributed by atoms with van der Waals surface area (Å²) in [5.41, 5.74) is -1.82. The average molecular weight is 272 g/mol. The number of carbonyl (C=O) groups is 4. The van der Waals surface area contributed by atoms with E-state index in [2.05, 4.69) is 4.74 Å². The normalized spacial score (nSPS) is 12.9. The van der Waals surface area contributed by atoms with Crippen molar-refractivity contribution in [2.75, 3.05) is 0 Å². The van der Waals surface area contributed by atoms with Crippen molar-refractivity contribution in [3.63, 3.8) is 0 Å². The quantitative estimate of drug-likeness (QED) is 0.393. The number of rotatable bonds is 6. The number of ether oxygens (including phenoxy) is 1. The second-order valence-corrected chi connectivity index (χ2v) is 3.71. The molecule has 0 bridgehead atoms. The summed E-state index contributed by atoms with van der Waals surface area (Å²) in [7, 11) is 0. The van der Waals surface area contributed by atoms with Gasteiger partial charge in [0.2, 0.25) is 0 Å². The zero-order valence-corrected chi connectivity index (χ0v) is 10.7. The van der Waals surface area contributed by atoms with E-state index in [-0.39, 0.29) is 36.6 Å². The minimum absolute atomic E-state index is 0. The average Bonchev–Trinajstić information content (AvgIpc) is 2.29. The molecule has 102 valence electrons.